The van der Waals surface area contributed by atoms with Crippen molar-refractivity contribution in [1.82, 2.24) is 15.1 Å². The number of nitro groups is 1. The quantitative estimate of drug-likeness (QED) is 0.435. The van der Waals surface area contributed by atoms with Crippen LogP contribution < -0.4 is 15.5 Å². The Morgan fingerprint density at radius 1 is 1.06 bits per heavy atom. The van der Waals surface area contributed by atoms with E-state index >= 15 is 0 Å². The van der Waals surface area contributed by atoms with E-state index in [-0.39, 0.29) is 22.9 Å². The zero-order valence-electron chi connectivity index (χ0n) is 17.9. The Morgan fingerprint density at radius 2 is 1.79 bits per heavy atom. The number of anilines is 2. The number of carbonyl (C=O) groups excluding carboxylic acids is 2. The fraction of sp³-hybridized carbons (Fsp3) is 0.227. The Morgan fingerprint density at radius 3 is 2.45 bits per heavy atom. The van der Waals surface area contributed by atoms with Gasteiger partial charge in [0.15, 0.2) is 5.69 Å². The summed E-state index contributed by atoms with van der Waals surface area (Å²) in [6.07, 6.45) is 1.66. The van der Waals surface area contributed by atoms with Crippen molar-refractivity contribution >= 4 is 28.9 Å². The summed E-state index contributed by atoms with van der Waals surface area (Å²) in [6, 6.07) is 12.8. The number of nitrogens with zero attached hydrogens (tertiary/aromatic N) is 4. The van der Waals surface area contributed by atoms with Crippen LogP contribution in [0.5, 0.6) is 0 Å². The monoisotopic (exact) mass is 450 g/mol. The molecule has 4 rings (SSSR count). The van der Waals surface area contributed by atoms with E-state index in [1.807, 2.05) is 4.90 Å². The summed E-state index contributed by atoms with van der Waals surface area (Å²) in [5.74, 6) is -0.736. The largest absolute Gasteiger partial charge is 0.378 e. The number of aromatic nitrogens is 2. The Kier molecular flexibility index (Phi) is 6.31. The Hall–Kier alpha value is -4.25. The van der Waals surface area contributed by atoms with Gasteiger partial charge in [-0.2, -0.15) is 5.10 Å². The van der Waals surface area contributed by atoms with Crippen LogP contribution in [0, 0.1) is 10.1 Å². The average molecular weight is 450 g/mol. The third kappa shape index (κ3) is 4.83. The molecular weight excluding hydrogens is 428 g/mol. The van der Waals surface area contributed by atoms with Crippen molar-refractivity contribution in [3.8, 4) is 5.69 Å². The Balaban J connectivity index is 1.55. The predicted octanol–water partition coefficient (Wildman–Crippen LogP) is 2.23. The molecule has 2 amide bonds. The van der Waals surface area contributed by atoms with Crippen molar-refractivity contribution in [2.45, 2.75) is 0 Å². The van der Waals surface area contributed by atoms with Crippen LogP contribution in [0.1, 0.15) is 20.8 Å². The van der Waals surface area contributed by atoms with Crippen molar-refractivity contribution in [3.63, 3.8) is 0 Å². The SMILES string of the molecule is CNC(=O)c1ccn(-c2ccc(NC(=O)c3cc([N+](=O)[O-])ccc3N3CCOCC3)cc2)n1. The summed E-state index contributed by atoms with van der Waals surface area (Å²) >= 11 is 0. The first-order chi connectivity index (χ1) is 16.0. The highest BCUT2D eigenvalue weighted by molar-refractivity contribution is 6.08. The number of ether oxygens (including phenoxy) is 1. The molecule has 0 unspecified atom stereocenters. The Bertz CT molecular complexity index is 1180. The number of benzene rings is 2. The number of nitrogens with one attached hydrogen (secondary N) is 2. The van der Waals surface area contributed by atoms with Gasteiger partial charge in [-0.15, -0.1) is 0 Å². The molecule has 170 valence electrons. The van der Waals surface area contributed by atoms with Gasteiger partial charge in [0, 0.05) is 44.2 Å². The third-order valence-corrected chi connectivity index (χ3v) is 5.23. The second-order valence-electron chi connectivity index (χ2n) is 7.28. The van der Waals surface area contributed by atoms with Crippen LogP contribution in [0.15, 0.2) is 54.7 Å². The van der Waals surface area contributed by atoms with Gasteiger partial charge in [0.05, 0.1) is 35.1 Å². The first kappa shape index (κ1) is 22.0. The number of rotatable bonds is 6. The first-order valence-corrected chi connectivity index (χ1v) is 10.3. The highest BCUT2D eigenvalue weighted by Gasteiger charge is 2.22. The third-order valence-electron chi connectivity index (χ3n) is 5.23. The summed E-state index contributed by atoms with van der Waals surface area (Å²) in [5, 5.41) is 20.8. The molecule has 0 aliphatic carbocycles. The maximum atomic E-state index is 13.1. The molecule has 11 nitrogen and oxygen atoms in total. The zero-order chi connectivity index (χ0) is 23.4. The van der Waals surface area contributed by atoms with Gasteiger partial charge < -0.3 is 20.3 Å². The maximum Gasteiger partial charge on any atom is 0.271 e. The minimum atomic E-state index is -0.522. The molecule has 0 saturated carbocycles. The lowest BCUT2D eigenvalue weighted by Gasteiger charge is -2.30. The molecule has 3 aromatic rings. The lowest BCUT2D eigenvalue weighted by atomic mass is 10.1. The molecule has 33 heavy (non-hydrogen) atoms. The van der Waals surface area contributed by atoms with Crippen LogP contribution >= 0.6 is 0 Å². The van der Waals surface area contributed by atoms with E-state index in [0.717, 1.165) is 0 Å². The van der Waals surface area contributed by atoms with Crippen molar-refractivity contribution in [3.05, 3.63) is 76.1 Å². The molecule has 0 spiro atoms. The zero-order valence-corrected chi connectivity index (χ0v) is 17.9. The Labute approximate surface area is 189 Å². The number of non-ortho nitro benzene ring substituents is 1. The van der Waals surface area contributed by atoms with Gasteiger partial charge in [-0.3, -0.25) is 19.7 Å². The van der Waals surface area contributed by atoms with Crippen LogP contribution in [-0.2, 0) is 4.74 Å². The number of carbonyl (C=O) groups is 2. The van der Waals surface area contributed by atoms with E-state index in [0.29, 0.717) is 43.4 Å². The first-order valence-electron chi connectivity index (χ1n) is 10.3. The van der Waals surface area contributed by atoms with E-state index in [9.17, 15) is 19.7 Å². The number of amides is 2. The molecule has 11 heteroatoms. The number of hydrogen-bond acceptors (Lipinski definition) is 7. The fourth-order valence-corrected chi connectivity index (χ4v) is 3.51. The van der Waals surface area contributed by atoms with Crippen molar-refractivity contribution in [2.75, 3.05) is 43.6 Å². The summed E-state index contributed by atoms with van der Waals surface area (Å²) in [6.45, 7) is 2.23. The van der Waals surface area contributed by atoms with Crippen LogP contribution in [0.4, 0.5) is 17.1 Å². The van der Waals surface area contributed by atoms with Gasteiger partial charge in [0.2, 0.25) is 0 Å². The maximum absolute atomic E-state index is 13.1. The van der Waals surface area contributed by atoms with E-state index < -0.39 is 10.8 Å². The minimum absolute atomic E-state index is 0.155. The van der Waals surface area contributed by atoms with Gasteiger partial charge in [0.1, 0.15) is 0 Å². The predicted molar refractivity (Wildman–Crippen MR) is 121 cm³/mol. The summed E-state index contributed by atoms with van der Waals surface area (Å²) < 4.78 is 6.92. The van der Waals surface area contributed by atoms with Crippen LogP contribution in [0.25, 0.3) is 5.69 Å². The molecule has 2 aromatic carbocycles. The number of morpholine rings is 1. The molecule has 1 aliphatic rings. The average Bonchev–Trinajstić information content (AvgIpc) is 3.34. The minimum Gasteiger partial charge on any atom is -0.378 e. The molecular formula is C22H22N6O5. The van der Waals surface area contributed by atoms with E-state index in [1.165, 1.54) is 19.2 Å². The van der Waals surface area contributed by atoms with Crippen LogP contribution in [0.3, 0.4) is 0 Å². The van der Waals surface area contributed by atoms with Crippen molar-refractivity contribution in [2.24, 2.45) is 0 Å². The lowest BCUT2D eigenvalue weighted by Crippen LogP contribution is -2.37. The fourth-order valence-electron chi connectivity index (χ4n) is 3.51. The van der Waals surface area contributed by atoms with Gasteiger partial charge >= 0.3 is 0 Å². The smallest absolute Gasteiger partial charge is 0.271 e. The van der Waals surface area contributed by atoms with Crippen LogP contribution in [-0.4, -0.2) is 59.9 Å². The van der Waals surface area contributed by atoms with Crippen molar-refractivity contribution < 1.29 is 19.2 Å². The summed E-state index contributed by atoms with van der Waals surface area (Å²) in [7, 11) is 1.53. The van der Waals surface area contributed by atoms with E-state index in [4.69, 9.17) is 4.74 Å². The molecule has 0 radical (unpaired) electrons. The van der Waals surface area contributed by atoms with E-state index in [1.54, 1.807) is 47.3 Å². The normalized spacial score (nSPS) is 13.4. The van der Waals surface area contributed by atoms with Crippen molar-refractivity contribution in [1.29, 1.82) is 0 Å². The lowest BCUT2D eigenvalue weighted by molar-refractivity contribution is -0.384. The molecule has 0 atom stereocenters. The molecule has 2 N–H and O–H groups in total. The standard InChI is InChI=1S/C22H22N6O5/c1-23-22(30)19-8-9-27(25-19)16-4-2-15(3-5-16)24-21(29)18-14-17(28(31)32)6-7-20(18)26-10-12-33-13-11-26/h2-9,14H,10-13H2,1H3,(H,23,30)(H,24,29). The van der Waals surface area contributed by atoms with Gasteiger partial charge in [0.25, 0.3) is 17.5 Å². The number of nitro benzene ring substituents is 1. The number of hydrogen-bond donors (Lipinski definition) is 2. The molecule has 1 fully saturated rings. The second kappa shape index (κ2) is 9.49. The highest BCUT2D eigenvalue weighted by Crippen LogP contribution is 2.27. The van der Waals surface area contributed by atoms with Gasteiger partial charge in [-0.1, -0.05) is 0 Å². The molecule has 2 heterocycles. The molecule has 1 aliphatic heterocycles. The summed E-state index contributed by atoms with van der Waals surface area (Å²) in [4.78, 5) is 37.5. The van der Waals surface area contributed by atoms with Crippen LogP contribution in [0.2, 0.25) is 0 Å². The van der Waals surface area contributed by atoms with Gasteiger partial charge in [-0.25, -0.2) is 4.68 Å². The molecule has 1 saturated heterocycles. The van der Waals surface area contributed by atoms with E-state index in [2.05, 4.69) is 15.7 Å². The summed E-state index contributed by atoms with van der Waals surface area (Å²) in [5.41, 5.74) is 2.19. The molecule has 1 aromatic heterocycles. The topological polar surface area (TPSA) is 132 Å². The second-order valence-corrected chi connectivity index (χ2v) is 7.28. The molecule has 0 bridgehead atoms. The van der Waals surface area contributed by atoms with Gasteiger partial charge in [-0.05, 0) is 36.4 Å². The highest BCUT2D eigenvalue weighted by atomic mass is 16.6.